The second-order valence-electron chi connectivity index (χ2n) is 9.55. The van der Waals surface area contributed by atoms with E-state index in [4.69, 9.17) is 4.74 Å². The fraction of sp³-hybridized carbons (Fsp3) is 0.538. The average molecular weight is 424 g/mol. The van der Waals surface area contributed by atoms with E-state index in [2.05, 4.69) is 4.90 Å². The van der Waals surface area contributed by atoms with Gasteiger partial charge in [0.2, 0.25) is 0 Å². The van der Waals surface area contributed by atoms with Crippen molar-refractivity contribution < 1.29 is 19.4 Å². The highest BCUT2D eigenvalue weighted by Crippen LogP contribution is 2.39. The SMILES string of the molecule is COC(=O)[C@]1(C)C[C@H](CC(=O)c2ccc3ccccc3c2O)CN1CC1CCCCC1. The van der Waals surface area contributed by atoms with Crippen molar-refractivity contribution in [3.8, 4) is 5.75 Å². The van der Waals surface area contributed by atoms with E-state index >= 15 is 0 Å². The molecule has 0 amide bonds. The Hall–Kier alpha value is -2.40. The van der Waals surface area contributed by atoms with Crippen LogP contribution in [0.1, 0.15) is 62.2 Å². The fourth-order valence-corrected chi connectivity index (χ4v) is 5.65. The molecule has 2 fully saturated rings. The second kappa shape index (κ2) is 8.99. The topological polar surface area (TPSA) is 66.8 Å². The number of benzene rings is 2. The summed E-state index contributed by atoms with van der Waals surface area (Å²) < 4.78 is 5.16. The molecule has 1 aliphatic heterocycles. The first-order chi connectivity index (χ1) is 14.9. The molecule has 2 aromatic rings. The number of esters is 1. The largest absolute Gasteiger partial charge is 0.507 e. The molecule has 2 atom stereocenters. The number of carbonyl (C=O) groups excluding carboxylic acids is 2. The second-order valence-corrected chi connectivity index (χ2v) is 9.55. The standard InChI is InChI=1S/C26H33NO4/c1-26(25(30)31-2)15-19(17-27(26)16-18-8-4-3-5-9-18)14-23(28)22-13-12-20-10-6-7-11-21(20)24(22)29/h6-7,10-13,18-19,29H,3-5,8-9,14-17H2,1-2H3/t19-,26-/m0/s1. The molecule has 5 nitrogen and oxygen atoms in total. The summed E-state index contributed by atoms with van der Waals surface area (Å²) in [5, 5.41) is 12.3. The smallest absolute Gasteiger partial charge is 0.326 e. The van der Waals surface area contributed by atoms with Crippen LogP contribution in [0.3, 0.4) is 0 Å². The van der Waals surface area contributed by atoms with E-state index in [0.29, 0.717) is 36.3 Å². The third-order valence-corrected chi connectivity index (χ3v) is 7.37. The summed E-state index contributed by atoms with van der Waals surface area (Å²) in [7, 11) is 1.44. The monoisotopic (exact) mass is 423 g/mol. The van der Waals surface area contributed by atoms with Gasteiger partial charge >= 0.3 is 5.97 Å². The number of hydrogen-bond donors (Lipinski definition) is 1. The average Bonchev–Trinajstić information content (AvgIpc) is 3.09. The molecular formula is C26H33NO4. The van der Waals surface area contributed by atoms with Crippen LogP contribution >= 0.6 is 0 Å². The van der Waals surface area contributed by atoms with Crippen molar-refractivity contribution in [2.45, 2.75) is 57.4 Å². The van der Waals surface area contributed by atoms with Crippen LogP contribution in [-0.4, -0.2) is 47.5 Å². The van der Waals surface area contributed by atoms with Gasteiger partial charge in [0.15, 0.2) is 5.78 Å². The van der Waals surface area contributed by atoms with Crippen LogP contribution in [0.15, 0.2) is 36.4 Å². The molecule has 1 heterocycles. The molecule has 31 heavy (non-hydrogen) atoms. The summed E-state index contributed by atoms with van der Waals surface area (Å²) in [4.78, 5) is 28.1. The van der Waals surface area contributed by atoms with Gasteiger partial charge in [0.1, 0.15) is 11.3 Å². The quantitative estimate of drug-likeness (QED) is 0.526. The zero-order valence-electron chi connectivity index (χ0n) is 18.6. The highest BCUT2D eigenvalue weighted by atomic mass is 16.5. The molecule has 1 saturated heterocycles. The predicted octanol–water partition coefficient (Wildman–Crippen LogP) is 4.95. The maximum atomic E-state index is 13.1. The van der Waals surface area contributed by atoms with Gasteiger partial charge in [-0.05, 0) is 49.5 Å². The number of likely N-dealkylation sites (tertiary alicyclic amines) is 1. The van der Waals surface area contributed by atoms with Gasteiger partial charge in [0, 0.05) is 24.9 Å². The Kier molecular flexibility index (Phi) is 6.33. The molecule has 0 aromatic heterocycles. The molecule has 0 spiro atoms. The Morgan fingerprint density at radius 1 is 1.10 bits per heavy atom. The number of ketones is 1. The Labute approximate surface area is 184 Å². The van der Waals surface area contributed by atoms with Crippen LogP contribution < -0.4 is 0 Å². The van der Waals surface area contributed by atoms with E-state index in [1.54, 1.807) is 6.07 Å². The lowest BCUT2D eigenvalue weighted by Gasteiger charge is -2.36. The number of carbonyl (C=O) groups is 2. The van der Waals surface area contributed by atoms with Gasteiger partial charge in [-0.15, -0.1) is 0 Å². The minimum Gasteiger partial charge on any atom is -0.507 e. The molecule has 2 aliphatic rings. The van der Waals surface area contributed by atoms with Gasteiger partial charge in [-0.25, -0.2) is 0 Å². The lowest BCUT2D eigenvalue weighted by molar-refractivity contribution is -0.152. The molecule has 1 aliphatic carbocycles. The van der Waals surface area contributed by atoms with Gasteiger partial charge in [-0.3, -0.25) is 14.5 Å². The lowest BCUT2D eigenvalue weighted by atomic mass is 9.87. The fourth-order valence-electron chi connectivity index (χ4n) is 5.65. The molecule has 166 valence electrons. The number of methoxy groups -OCH3 is 1. The van der Waals surface area contributed by atoms with E-state index in [-0.39, 0.29) is 23.4 Å². The number of aromatic hydroxyl groups is 1. The van der Waals surface area contributed by atoms with E-state index in [0.717, 1.165) is 11.9 Å². The van der Waals surface area contributed by atoms with Crippen molar-refractivity contribution >= 4 is 22.5 Å². The highest BCUT2D eigenvalue weighted by Gasteiger charge is 2.49. The molecule has 5 heteroatoms. The van der Waals surface area contributed by atoms with Crippen LogP contribution in [0, 0.1) is 11.8 Å². The van der Waals surface area contributed by atoms with E-state index in [1.807, 2.05) is 37.3 Å². The van der Waals surface area contributed by atoms with Crippen molar-refractivity contribution in [2.75, 3.05) is 20.2 Å². The van der Waals surface area contributed by atoms with E-state index in [1.165, 1.54) is 39.2 Å². The molecule has 4 rings (SSSR count). The molecule has 2 aromatic carbocycles. The van der Waals surface area contributed by atoms with Gasteiger partial charge in [0.05, 0.1) is 12.7 Å². The first kappa shape index (κ1) is 21.8. The number of fused-ring (bicyclic) bond motifs is 1. The summed E-state index contributed by atoms with van der Waals surface area (Å²) >= 11 is 0. The molecule has 1 N–H and O–H groups in total. The minimum absolute atomic E-state index is 0.0517. The minimum atomic E-state index is -0.692. The molecule has 0 unspecified atom stereocenters. The van der Waals surface area contributed by atoms with Crippen molar-refractivity contribution in [1.29, 1.82) is 0 Å². The predicted molar refractivity (Wildman–Crippen MR) is 121 cm³/mol. The zero-order valence-corrected chi connectivity index (χ0v) is 18.6. The number of rotatable bonds is 6. The summed E-state index contributed by atoms with van der Waals surface area (Å²) in [6.45, 7) is 3.55. The van der Waals surface area contributed by atoms with Crippen molar-refractivity contribution in [1.82, 2.24) is 4.90 Å². The van der Waals surface area contributed by atoms with Crippen LogP contribution in [-0.2, 0) is 9.53 Å². The van der Waals surface area contributed by atoms with Crippen LogP contribution in [0.4, 0.5) is 0 Å². The van der Waals surface area contributed by atoms with E-state index < -0.39 is 5.54 Å². The Morgan fingerprint density at radius 3 is 2.58 bits per heavy atom. The van der Waals surface area contributed by atoms with Gasteiger partial charge < -0.3 is 9.84 Å². The number of ether oxygens (including phenoxy) is 1. The van der Waals surface area contributed by atoms with Gasteiger partial charge in [0.25, 0.3) is 0 Å². The maximum absolute atomic E-state index is 13.1. The van der Waals surface area contributed by atoms with Gasteiger partial charge in [-0.2, -0.15) is 0 Å². The van der Waals surface area contributed by atoms with Crippen molar-refractivity contribution in [2.24, 2.45) is 11.8 Å². The number of Topliss-reactive ketones (excluding diaryl/α,β-unsaturated/α-hetero) is 1. The van der Waals surface area contributed by atoms with Gasteiger partial charge in [-0.1, -0.05) is 49.6 Å². The van der Waals surface area contributed by atoms with Crippen molar-refractivity contribution in [3.63, 3.8) is 0 Å². The molecule has 1 saturated carbocycles. The van der Waals surface area contributed by atoms with Crippen LogP contribution in [0.25, 0.3) is 10.8 Å². The normalized spacial score (nSPS) is 25.0. The first-order valence-electron chi connectivity index (χ1n) is 11.5. The molecule has 0 radical (unpaired) electrons. The Bertz CT molecular complexity index is 965. The zero-order chi connectivity index (χ0) is 22.0. The first-order valence-corrected chi connectivity index (χ1v) is 11.5. The summed E-state index contributed by atoms with van der Waals surface area (Å²) in [5.41, 5.74) is -0.327. The highest BCUT2D eigenvalue weighted by molar-refractivity contribution is 6.04. The number of phenols is 1. The number of hydrogen-bond acceptors (Lipinski definition) is 5. The Morgan fingerprint density at radius 2 is 1.84 bits per heavy atom. The van der Waals surface area contributed by atoms with Crippen LogP contribution in [0.2, 0.25) is 0 Å². The summed E-state index contributed by atoms with van der Waals surface area (Å²) in [6, 6.07) is 11.1. The van der Waals surface area contributed by atoms with Crippen LogP contribution in [0.5, 0.6) is 5.75 Å². The van der Waals surface area contributed by atoms with E-state index in [9.17, 15) is 14.7 Å². The third-order valence-electron chi connectivity index (χ3n) is 7.37. The number of phenolic OH excluding ortho intramolecular Hbond substituents is 1. The summed E-state index contributed by atoms with van der Waals surface area (Å²) in [5.74, 6) is 0.436. The number of nitrogens with zero attached hydrogens (tertiary/aromatic N) is 1. The Balaban J connectivity index is 1.51. The third kappa shape index (κ3) is 4.33. The maximum Gasteiger partial charge on any atom is 0.326 e. The summed E-state index contributed by atoms with van der Waals surface area (Å²) in [6.07, 6.45) is 7.17. The lowest BCUT2D eigenvalue weighted by Crippen LogP contribution is -2.50. The molecular weight excluding hydrogens is 390 g/mol. The molecule has 0 bridgehead atoms. The van der Waals surface area contributed by atoms with Crippen molar-refractivity contribution in [3.05, 3.63) is 42.0 Å².